The van der Waals surface area contributed by atoms with Crippen molar-refractivity contribution in [2.24, 2.45) is 0 Å². The Bertz CT molecular complexity index is 1510. The van der Waals surface area contributed by atoms with Crippen molar-refractivity contribution in [3.8, 4) is 17.5 Å². The molecule has 2 N–H and O–H groups in total. The zero-order valence-electron chi connectivity index (χ0n) is 19.5. The lowest BCUT2D eigenvalue weighted by Crippen LogP contribution is -2.42. The van der Waals surface area contributed by atoms with Crippen LogP contribution in [-0.4, -0.2) is 55.2 Å². The van der Waals surface area contributed by atoms with Crippen molar-refractivity contribution >= 4 is 29.2 Å². The summed E-state index contributed by atoms with van der Waals surface area (Å²) in [6.45, 7) is 0.989. The first-order valence-electron chi connectivity index (χ1n) is 11.5. The number of amides is 1. The number of tetrazole rings is 1. The Morgan fingerprint density at radius 2 is 1.92 bits per heavy atom. The number of fused-ring (bicyclic) bond motifs is 1. The third-order valence-corrected chi connectivity index (χ3v) is 6.33. The van der Waals surface area contributed by atoms with Crippen LogP contribution < -0.4 is 5.32 Å². The average Bonchev–Trinajstić information content (AvgIpc) is 3.43. The van der Waals surface area contributed by atoms with E-state index in [1.807, 2.05) is 29.2 Å². The maximum Gasteiger partial charge on any atom is 0.335 e. The quantitative estimate of drug-likeness (QED) is 0.393. The van der Waals surface area contributed by atoms with Gasteiger partial charge in [0.05, 0.1) is 23.4 Å². The van der Waals surface area contributed by atoms with Gasteiger partial charge in [0.1, 0.15) is 12.4 Å². The lowest BCUT2D eigenvalue weighted by atomic mass is 9.92. The van der Waals surface area contributed by atoms with Crippen molar-refractivity contribution < 1.29 is 14.7 Å². The van der Waals surface area contributed by atoms with Crippen LogP contribution in [0.25, 0.3) is 5.69 Å². The number of aromatic carboxylic acids is 1. The average molecular weight is 513 g/mol. The molecule has 4 aromatic rings. The number of anilines is 1. The van der Waals surface area contributed by atoms with Crippen molar-refractivity contribution in [3.05, 3.63) is 100 Å². The first kappa shape index (κ1) is 24.2. The number of nitrogens with zero attached hydrogens (tertiary/aromatic N) is 5. The van der Waals surface area contributed by atoms with Crippen LogP contribution in [0.2, 0.25) is 5.02 Å². The SMILES string of the molecule is O=C(O)c1ccc(NC(=O)[C@@H]2c3ccccc3CCN2CC#Cc2cc(Cl)ccc2-n2cnnn2)cc1. The monoisotopic (exact) mass is 512 g/mol. The highest BCUT2D eigenvalue weighted by molar-refractivity contribution is 6.30. The van der Waals surface area contributed by atoms with Crippen molar-refractivity contribution in [2.45, 2.75) is 12.5 Å². The molecule has 1 atom stereocenters. The predicted molar refractivity (Wildman–Crippen MR) is 138 cm³/mol. The molecule has 9 nitrogen and oxygen atoms in total. The number of hydrogen-bond donors (Lipinski definition) is 2. The molecule has 0 saturated carbocycles. The highest BCUT2D eigenvalue weighted by Crippen LogP contribution is 2.30. The number of carbonyl (C=O) groups is 2. The lowest BCUT2D eigenvalue weighted by Gasteiger charge is -2.35. The topological polar surface area (TPSA) is 113 Å². The van der Waals surface area contributed by atoms with Gasteiger partial charge >= 0.3 is 5.97 Å². The molecule has 0 bridgehead atoms. The van der Waals surface area contributed by atoms with E-state index >= 15 is 0 Å². The fourth-order valence-electron chi connectivity index (χ4n) is 4.32. The number of benzene rings is 3. The molecule has 0 radical (unpaired) electrons. The van der Waals surface area contributed by atoms with Crippen LogP contribution in [0.15, 0.2) is 73.1 Å². The fourth-order valence-corrected chi connectivity index (χ4v) is 4.49. The molecular formula is C27H21ClN6O3. The van der Waals surface area contributed by atoms with Gasteiger partial charge in [-0.1, -0.05) is 47.7 Å². The molecule has 1 aromatic heterocycles. The number of hydrogen-bond acceptors (Lipinski definition) is 6. The second-order valence-electron chi connectivity index (χ2n) is 8.41. The summed E-state index contributed by atoms with van der Waals surface area (Å²) in [5.41, 5.74) is 4.08. The maximum absolute atomic E-state index is 13.5. The highest BCUT2D eigenvalue weighted by Gasteiger charge is 2.32. The summed E-state index contributed by atoms with van der Waals surface area (Å²) in [5.74, 6) is 5.12. The summed E-state index contributed by atoms with van der Waals surface area (Å²) in [5, 5.41) is 23.9. The smallest absolute Gasteiger partial charge is 0.335 e. The molecule has 0 saturated heterocycles. The Morgan fingerprint density at radius 1 is 1.11 bits per heavy atom. The van der Waals surface area contributed by atoms with Crippen LogP contribution in [-0.2, 0) is 11.2 Å². The van der Waals surface area contributed by atoms with Crippen molar-refractivity contribution in [1.29, 1.82) is 0 Å². The Labute approximate surface area is 217 Å². The summed E-state index contributed by atoms with van der Waals surface area (Å²) >= 11 is 6.21. The molecule has 0 spiro atoms. The van der Waals surface area contributed by atoms with E-state index in [4.69, 9.17) is 16.7 Å². The van der Waals surface area contributed by atoms with E-state index in [2.05, 4.69) is 32.7 Å². The van der Waals surface area contributed by atoms with Crippen molar-refractivity contribution in [1.82, 2.24) is 25.1 Å². The molecule has 2 heterocycles. The molecule has 37 heavy (non-hydrogen) atoms. The molecule has 1 aliphatic heterocycles. The predicted octanol–water partition coefficient (Wildman–Crippen LogP) is 3.60. The van der Waals surface area contributed by atoms with E-state index < -0.39 is 12.0 Å². The van der Waals surface area contributed by atoms with Gasteiger partial charge in [-0.05, 0) is 70.4 Å². The van der Waals surface area contributed by atoms with Crippen LogP contribution in [0, 0.1) is 11.8 Å². The van der Waals surface area contributed by atoms with E-state index in [0.717, 1.165) is 17.5 Å². The summed E-state index contributed by atoms with van der Waals surface area (Å²) in [4.78, 5) is 26.7. The Morgan fingerprint density at radius 3 is 2.68 bits per heavy atom. The van der Waals surface area contributed by atoms with Gasteiger partial charge in [-0.25, -0.2) is 4.79 Å². The minimum atomic E-state index is -1.02. The van der Waals surface area contributed by atoms with E-state index in [0.29, 0.717) is 35.1 Å². The highest BCUT2D eigenvalue weighted by atomic mass is 35.5. The third kappa shape index (κ3) is 5.35. The zero-order chi connectivity index (χ0) is 25.8. The van der Waals surface area contributed by atoms with E-state index in [-0.39, 0.29) is 11.5 Å². The zero-order valence-corrected chi connectivity index (χ0v) is 20.3. The number of carboxylic acids is 1. The summed E-state index contributed by atoms with van der Waals surface area (Å²) in [6, 6.07) is 18.7. The summed E-state index contributed by atoms with van der Waals surface area (Å²) < 4.78 is 1.52. The molecule has 3 aromatic carbocycles. The standard InChI is InChI=1S/C27H21ClN6O3/c28-21-9-12-24(34-17-29-31-32-34)20(16-21)5-3-14-33-15-13-18-4-1-2-6-23(18)25(33)26(35)30-22-10-7-19(8-11-22)27(36)37/h1-2,4,6-12,16-17,25H,13-15H2,(H,30,35)(H,36,37)/t25-/m0/s1. The van der Waals surface area contributed by atoms with E-state index in [1.54, 1.807) is 30.3 Å². The summed E-state index contributed by atoms with van der Waals surface area (Å²) in [6.07, 6.45) is 2.28. The molecule has 0 fully saturated rings. The van der Waals surface area contributed by atoms with E-state index in [1.165, 1.54) is 23.1 Å². The van der Waals surface area contributed by atoms with Gasteiger partial charge in [0, 0.05) is 17.3 Å². The Hall–Kier alpha value is -4.52. The molecule has 5 rings (SSSR count). The van der Waals surface area contributed by atoms with Gasteiger partial charge < -0.3 is 10.4 Å². The minimum absolute atomic E-state index is 0.153. The summed E-state index contributed by atoms with van der Waals surface area (Å²) in [7, 11) is 0. The minimum Gasteiger partial charge on any atom is -0.478 e. The molecule has 1 amide bonds. The second kappa shape index (κ2) is 10.6. The van der Waals surface area contributed by atoms with Gasteiger partial charge in [0.2, 0.25) is 5.91 Å². The van der Waals surface area contributed by atoms with Gasteiger partial charge in [0.15, 0.2) is 0 Å². The van der Waals surface area contributed by atoms with Crippen LogP contribution in [0.1, 0.15) is 33.1 Å². The number of carboxylic acid groups (broad SMARTS) is 1. The Kier molecular flexibility index (Phi) is 6.94. The van der Waals surface area contributed by atoms with Gasteiger partial charge in [-0.15, -0.1) is 5.10 Å². The molecule has 184 valence electrons. The van der Waals surface area contributed by atoms with Gasteiger partial charge in [0.25, 0.3) is 0 Å². The number of aromatic nitrogens is 4. The lowest BCUT2D eigenvalue weighted by molar-refractivity contribution is -0.121. The molecule has 10 heteroatoms. The van der Waals surface area contributed by atoms with Crippen LogP contribution in [0.3, 0.4) is 0 Å². The second-order valence-corrected chi connectivity index (χ2v) is 8.85. The fraction of sp³-hybridized carbons (Fsp3) is 0.148. The van der Waals surface area contributed by atoms with Gasteiger partial charge in [-0.2, -0.15) is 4.68 Å². The molecule has 0 unspecified atom stereocenters. The number of nitrogens with one attached hydrogen (secondary N) is 1. The van der Waals surface area contributed by atoms with E-state index in [9.17, 15) is 9.59 Å². The first-order chi connectivity index (χ1) is 18.0. The van der Waals surface area contributed by atoms with Crippen molar-refractivity contribution in [3.63, 3.8) is 0 Å². The molecule has 1 aliphatic rings. The number of halogens is 1. The largest absolute Gasteiger partial charge is 0.478 e. The van der Waals surface area contributed by atoms with Crippen LogP contribution in [0.4, 0.5) is 5.69 Å². The van der Waals surface area contributed by atoms with Crippen LogP contribution in [0.5, 0.6) is 0 Å². The van der Waals surface area contributed by atoms with Gasteiger partial charge in [-0.3, -0.25) is 9.69 Å². The first-order valence-corrected chi connectivity index (χ1v) is 11.9. The Balaban J connectivity index is 1.40. The number of rotatable bonds is 5. The maximum atomic E-state index is 13.5. The normalized spacial score (nSPS) is 14.8. The van der Waals surface area contributed by atoms with Crippen LogP contribution >= 0.6 is 11.6 Å². The molecular weight excluding hydrogens is 492 g/mol. The van der Waals surface area contributed by atoms with Crippen molar-refractivity contribution in [2.75, 3.05) is 18.4 Å². The number of carbonyl (C=O) groups excluding carboxylic acids is 1. The third-order valence-electron chi connectivity index (χ3n) is 6.09. The molecule has 0 aliphatic carbocycles.